The van der Waals surface area contributed by atoms with E-state index in [-0.39, 0.29) is 41.4 Å². The molecule has 4 aromatic rings. The molecule has 2 aromatic heterocycles. The van der Waals surface area contributed by atoms with Crippen LogP contribution in [0.15, 0.2) is 42.6 Å². The molecule has 3 N–H and O–H groups in total. The summed E-state index contributed by atoms with van der Waals surface area (Å²) in [7, 11) is 0. The molecular formula is C36H29F7N6O3. The molecule has 2 aromatic carbocycles. The Kier molecular flexibility index (Phi) is 8.02. The molecule has 1 aliphatic heterocycles. The van der Waals surface area contributed by atoms with Gasteiger partial charge in [0, 0.05) is 46.8 Å². The zero-order valence-electron chi connectivity index (χ0n) is 27.7. The lowest BCUT2D eigenvalue weighted by molar-refractivity contribution is -0.142. The van der Waals surface area contributed by atoms with E-state index in [4.69, 9.17) is 0 Å². The van der Waals surface area contributed by atoms with Crippen LogP contribution in [0.5, 0.6) is 0 Å². The summed E-state index contributed by atoms with van der Waals surface area (Å²) in [5.41, 5.74) is -4.31. The summed E-state index contributed by atoms with van der Waals surface area (Å²) >= 11 is 0. The van der Waals surface area contributed by atoms with Crippen LogP contribution in [0.1, 0.15) is 83.2 Å². The molecule has 2 aliphatic carbocycles. The molecule has 0 radical (unpaired) electrons. The Hall–Kier alpha value is -5.30. The summed E-state index contributed by atoms with van der Waals surface area (Å²) in [6.07, 6.45) is -4.26. The number of rotatable bonds is 7. The van der Waals surface area contributed by atoms with Crippen molar-refractivity contribution in [2.75, 3.05) is 0 Å². The minimum Gasteiger partial charge on any atom is -0.378 e. The number of carbonyl (C=O) groups excluding carboxylic acids is 2. The van der Waals surface area contributed by atoms with Gasteiger partial charge in [-0.2, -0.15) is 27.1 Å². The number of nitrogens with zero attached hydrogens (tertiary/aromatic N) is 4. The summed E-state index contributed by atoms with van der Waals surface area (Å²) in [4.78, 5) is 35.0. The van der Waals surface area contributed by atoms with Crippen LogP contribution in [-0.4, -0.2) is 42.3 Å². The van der Waals surface area contributed by atoms with E-state index >= 15 is 8.78 Å². The van der Waals surface area contributed by atoms with Crippen molar-refractivity contribution in [1.29, 1.82) is 0 Å². The van der Waals surface area contributed by atoms with Gasteiger partial charge in [0.2, 0.25) is 11.7 Å². The van der Waals surface area contributed by atoms with E-state index in [0.29, 0.717) is 34.0 Å². The van der Waals surface area contributed by atoms with Crippen molar-refractivity contribution in [3.63, 3.8) is 0 Å². The number of nitrogens with one attached hydrogen (secondary N) is 2. The van der Waals surface area contributed by atoms with E-state index in [0.717, 1.165) is 12.1 Å². The first kappa shape index (κ1) is 35.1. The van der Waals surface area contributed by atoms with Crippen molar-refractivity contribution in [3.05, 3.63) is 99.4 Å². The molecule has 3 heterocycles. The van der Waals surface area contributed by atoms with Gasteiger partial charge in [-0.05, 0) is 67.5 Å². The topological polar surface area (TPSA) is 122 Å². The van der Waals surface area contributed by atoms with Gasteiger partial charge in [-0.3, -0.25) is 14.3 Å². The summed E-state index contributed by atoms with van der Waals surface area (Å²) in [6.45, 7) is 3.37. The number of amides is 2. The van der Waals surface area contributed by atoms with Gasteiger partial charge in [0.1, 0.15) is 29.5 Å². The highest BCUT2D eigenvalue weighted by Gasteiger charge is 2.75. The van der Waals surface area contributed by atoms with Gasteiger partial charge < -0.3 is 15.7 Å². The number of fused-ring (bicyclic) bond motifs is 4. The maximum atomic E-state index is 15.5. The Bertz CT molecular complexity index is 2210. The van der Waals surface area contributed by atoms with Crippen LogP contribution in [0.4, 0.5) is 30.7 Å². The third-order valence-electron chi connectivity index (χ3n) is 9.51. The van der Waals surface area contributed by atoms with Crippen LogP contribution < -0.4 is 10.6 Å². The summed E-state index contributed by atoms with van der Waals surface area (Å²) < 4.78 is 102. The van der Waals surface area contributed by atoms with Gasteiger partial charge >= 0.3 is 6.18 Å². The van der Waals surface area contributed by atoms with E-state index in [1.807, 2.05) is 0 Å². The molecule has 3 atom stereocenters. The van der Waals surface area contributed by atoms with E-state index in [1.54, 1.807) is 18.2 Å². The number of hydrogen-bond donors (Lipinski definition) is 3. The lowest BCUT2D eigenvalue weighted by atomic mass is 9.94. The third-order valence-corrected chi connectivity index (χ3v) is 9.51. The fourth-order valence-corrected chi connectivity index (χ4v) is 7.08. The smallest absolute Gasteiger partial charge is 0.378 e. The molecule has 0 bridgehead atoms. The molecule has 0 spiro atoms. The van der Waals surface area contributed by atoms with Crippen molar-refractivity contribution in [2.45, 2.75) is 75.9 Å². The SMILES string of the molecule is CC(C)(O)C#Cc1ncc(-c2ccc3c(c2)C(=O)NC3)c([C@H](Cc2cc(F)cc(F)c2)NC(=O)Cn2nc(C(F)(F)F)c3c2C(F)(F)[C@@H]2C[C@]32C)n1. The van der Waals surface area contributed by atoms with Crippen molar-refractivity contribution in [3.8, 4) is 23.0 Å². The Morgan fingerprint density at radius 2 is 1.85 bits per heavy atom. The number of carbonyl (C=O) groups is 2. The highest BCUT2D eigenvalue weighted by Crippen LogP contribution is 2.72. The van der Waals surface area contributed by atoms with Gasteiger partial charge in [0.05, 0.1) is 11.7 Å². The molecule has 0 unspecified atom stereocenters. The lowest BCUT2D eigenvalue weighted by Crippen LogP contribution is -2.35. The molecule has 2 amide bonds. The predicted octanol–water partition coefficient (Wildman–Crippen LogP) is 5.49. The number of aromatic nitrogens is 4. The van der Waals surface area contributed by atoms with Crippen LogP contribution >= 0.6 is 0 Å². The molecule has 1 saturated carbocycles. The largest absolute Gasteiger partial charge is 0.435 e. The molecule has 7 rings (SSSR count). The lowest BCUT2D eigenvalue weighted by Gasteiger charge is -2.22. The van der Waals surface area contributed by atoms with Crippen molar-refractivity contribution >= 4 is 11.8 Å². The monoisotopic (exact) mass is 726 g/mol. The number of alkyl halides is 5. The average Bonchev–Trinajstić information content (AvgIpc) is 3.31. The average molecular weight is 727 g/mol. The molecule has 16 heteroatoms. The zero-order chi connectivity index (χ0) is 37.5. The first-order valence-corrected chi connectivity index (χ1v) is 16.1. The second-order valence-corrected chi connectivity index (χ2v) is 14.0. The van der Waals surface area contributed by atoms with Crippen LogP contribution in [0.3, 0.4) is 0 Å². The van der Waals surface area contributed by atoms with Crippen molar-refractivity contribution < 1.29 is 45.4 Å². The van der Waals surface area contributed by atoms with Crippen LogP contribution in [0.25, 0.3) is 11.1 Å². The van der Waals surface area contributed by atoms with Gasteiger partial charge in [-0.25, -0.2) is 18.7 Å². The van der Waals surface area contributed by atoms with Crippen molar-refractivity contribution in [1.82, 2.24) is 30.4 Å². The molecular weight excluding hydrogens is 697 g/mol. The van der Waals surface area contributed by atoms with Gasteiger partial charge in [-0.1, -0.05) is 25.0 Å². The fourth-order valence-electron chi connectivity index (χ4n) is 7.08. The molecule has 270 valence electrons. The first-order chi connectivity index (χ1) is 24.2. The molecule has 1 fully saturated rings. The van der Waals surface area contributed by atoms with Gasteiger partial charge in [0.25, 0.3) is 11.8 Å². The van der Waals surface area contributed by atoms with Crippen LogP contribution in [-0.2, 0) is 41.8 Å². The number of halogens is 7. The zero-order valence-corrected chi connectivity index (χ0v) is 27.7. The fraction of sp³-hybridized carbons (Fsp3) is 0.361. The molecule has 52 heavy (non-hydrogen) atoms. The number of hydrogen-bond acceptors (Lipinski definition) is 6. The second-order valence-electron chi connectivity index (χ2n) is 14.0. The summed E-state index contributed by atoms with van der Waals surface area (Å²) in [5, 5.41) is 18.9. The standard InChI is InChI=1S/C36H29F7N6O3/c1-33(2,52)7-6-26-44-15-23(18-4-5-19-14-45-32(51)22(19)11-18)29(47-26)24(10-17-8-20(37)12-21(38)9-17)46-27(50)16-49-31-28(30(48-49)36(41,42)43)34(3)13-25(34)35(31,39)40/h4-5,8-9,11-12,15,24-25,52H,10,13-14,16H2,1-3H3,(H,45,51)(H,46,50)/t24-,25+,34-/m0/s1. The van der Waals surface area contributed by atoms with Crippen LogP contribution in [0, 0.1) is 29.4 Å². The highest BCUT2D eigenvalue weighted by molar-refractivity contribution is 5.99. The number of benzene rings is 2. The van der Waals surface area contributed by atoms with Gasteiger partial charge in [0.15, 0.2) is 5.69 Å². The Labute approximate surface area is 291 Å². The predicted molar refractivity (Wildman–Crippen MR) is 169 cm³/mol. The minimum atomic E-state index is -5.07. The summed E-state index contributed by atoms with van der Waals surface area (Å²) in [5.74, 6) is -3.31. The van der Waals surface area contributed by atoms with Gasteiger partial charge in [-0.15, -0.1) is 0 Å². The third kappa shape index (κ3) is 6.27. The quantitative estimate of drug-likeness (QED) is 0.171. The van der Waals surface area contributed by atoms with E-state index in [9.17, 15) is 36.6 Å². The second kappa shape index (κ2) is 11.9. The van der Waals surface area contributed by atoms with E-state index < -0.39 is 76.1 Å². The summed E-state index contributed by atoms with van der Waals surface area (Å²) in [6, 6.07) is 6.21. The Balaban J connectivity index is 1.33. The number of aliphatic hydroxyl groups is 1. The minimum absolute atomic E-state index is 0.00665. The van der Waals surface area contributed by atoms with Crippen LogP contribution in [0.2, 0.25) is 0 Å². The molecule has 9 nitrogen and oxygen atoms in total. The van der Waals surface area contributed by atoms with Crippen molar-refractivity contribution in [2.24, 2.45) is 5.92 Å². The molecule has 0 saturated heterocycles. The maximum absolute atomic E-state index is 15.5. The van der Waals surface area contributed by atoms with E-state index in [1.165, 1.54) is 27.0 Å². The maximum Gasteiger partial charge on any atom is 0.435 e. The Morgan fingerprint density at radius 3 is 2.52 bits per heavy atom. The highest BCUT2D eigenvalue weighted by atomic mass is 19.4. The first-order valence-electron chi connectivity index (χ1n) is 16.1. The molecule has 3 aliphatic rings. The Morgan fingerprint density at radius 1 is 1.13 bits per heavy atom. The normalized spacial score (nSPS) is 20.3. The van der Waals surface area contributed by atoms with E-state index in [2.05, 4.69) is 37.5 Å².